The lowest BCUT2D eigenvalue weighted by Gasteiger charge is -2.20. The smallest absolute Gasteiger partial charge is 0.225 e. The van der Waals surface area contributed by atoms with Crippen LogP contribution in [-0.4, -0.2) is 35.6 Å². The first kappa shape index (κ1) is 21.9. The predicted molar refractivity (Wildman–Crippen MR) is 117 cm³/mol. The number of ether oxygens (including phenoxy) is 2. The molecule has 0 saturated heterocycles. The summed E-state index contributed by atoms with van der Waals surface area (Å²) < 4.78 is 12.6. The average molecular weight is 422 g/mol. The highest BCUT2D eigenvalue weighted by Crippen LogP contribution is 2.29. The number of hydrogen-bond donors (Lipinski definition) is 2. The fraction of sp³-hybridized carbons (Fsp3) is 0.261. The monoisotopic (exact) mass is 422 g/mol. The lowest BCUT2D eigenvalue weighted by Crippen LogP contribution is -2.32. The van der Waals surface area contributed by atoms with E-state index in [4.69, 9.17) is 9.47 Å². The van der Waals surface area contributed by atoms with Gasteiger partial charge in [-0.15, -0.1) is 0 Å². The number of amides is 2. The van der Waals surface area contributed by atoms with E-state index in [1.807, 2.05) is 42.1 Å². The molecule has 0 fully saturated rings. The molecule has 31 heavy (non-hydrogen) atoms. The van der Waals surface area contributed by atoms with E-state index < -0.39 is 6.04 Å². The van der Waals surface area contributed by atoms with Gasteiger partial charge in [0.25, 0.3) is 0 Å². The van der Waals surface area contributed by atoms with Crippen molar-refractivity contribution < 1.29 is 19.1 Å². The van der Waals surface area contributed by atoms with Crippen LogP contribution in [0.2, 0.25) is 0 Å². The number of aryl methyl sites for hydroxylation is 1. The zero-order valence-electron chi connectivity index (χ0n) is 18.0. The van der Waals surface area contributed by atoms with Crippen molar-refractivity contribution in [3.05, 3.63) is 71.8 Å². The molecule has 0 bridgehead atoms. The van der Waals surface area contributed by atoms with Gasteiger partial charge in [0.05, 0.1) is 20.6 Å². The van der Waals surface area contributed by atoms with Crippen LogP contribution in [0.4, 0.5) is 5.69 Å². The van der Waals surface area contributed by atoms with Crippen molar-refractivity contribution in [2.24, 2.45) is 7.05 Å². The molecule has 2 amide bonds. The number of aromatic nitrogens is 2. The first-order valence-electron chi connectivity index (χ1n) is 9.75. The number of benzene rings is 2. The molecule has 0 spiro atoms. The third-order valence-corrected chi connectivity index (χ3v) is 4.77. The molecule has 2 aromatic carbocycles. The van der Waals surface area contributed by atoms with Crippen LogP contribution in [0.5, 0.6) is 11.5 Å². The average Bonchev–Trinajstić information content (AvgIpc) is 3.18. The molecular formula is C23H26N4O4. The second-order valence-corrected chi connectivity index (χ2v) is 7.10. The molecule has 8 heteroatoms. The molecule has 1 heterocycles. The van der Waals surface area contributed by atoms with Gasteiger partial charge in [0.2, 0.25) is 11.8 Å². The van der Waals surface area contributed by atoms with E-state index in [1.54, 1.807) is 38.6 Å². The molecule has 0 unspecified atom stereocenters. The van der Waals surface area contributed by atoms with Gasteiger partial charge >= 0.3 is 0 Å². The highest BCUT2D eigenvalue weighted by Gasteiger charge is 2.22. The Morgan fingerprint density at radius 3 is 2.23 bits per heavy atom. The minimum Gasteiger partial charge on any atom is -0.497 e. The summed E-state index contributed by atoms with van der Waals surface area (Å²) in [5.41, 5.74) is 2.30. The molecule has 0 aliphatic carbocycles. The Morgan fingerprint density at radius 2 is 1.71 bits per heavy atom. The maximum absolute atomic E-state index is 12.9. The van der Waals surface area contributed by atoms with Crippen molar-refractivity contribution in [1.82, 2.24) is 14.9 Å². The first-order valence-corrected chi connectivity index (χ1v) is 9.75. The van der Waals surface area contributed by atoms with Crippen molar-refractivity contribution in [3.63, 3.8) is 0 Å². The van der Waals surface area contributed by atoms with Gasteiger partial charge in [-0.2, -0.15) is 0 Å². The third kappa shape index (κ3) is 5.63. The lowest BCUT2D eigenvalue weighted by atomic mass is 10.0. The summed E-state index contributed by atoms with van der Waals surface area (Å²) in [4.78, 5) is 28.5. The Kier molecular flexibility index (Phi) is 6.92. The fourth-order valence-electron chi connectivity index (χ4n) is 3.25. The second-order valence-electron chi connectivity index (χ2n) is 7.10. The molecule has 0 saturated carbocycles. The maximum Gasteiger partial charge on any atom is 0.225 e. The number of methoxy groups -OCH3 is 2. The van der Waals surface area contributed by atoms with Crippen LogP contribution in [0, 0.1) is 0 Å². The summed E-state index contributed by atoms with van der Waals surface area (Å²) in [6.07, 6.45) is 3.70. The van der Waals surface area contributed by atoms with Crippen LogP contribution < -0.4 is 20.1 Å². The summed E-state index contributed by atoms with van der Waals surface area (Å²) in [6.45, 7) is 1.45. The van der Waals surface area contributed by atoms with E-state index >= 15 is 0 Å². The Labute approximate surface area is 181 Å². The van der Waals surface area contributed by atoms with Gasteiger partial charge in [0.1, 0.15) is 23.4 Å². The highest BCUT2D eigenvalue weighted by molar-refractivity contribution is 5.88. The van der Waals surface area contributed by atoms with Crippen molar-refractivity contribution in [2.45, 2.75) is 19.4 Å². The zero-order valence-corrected chi connectivity index (χ0v) is 18.0. The maximum atomic E-state index is 12.9. The number of anilines is 1. The number of carbonyl (C=O) groups excluding carboxylic acids is 2. The molecule has 0 aliphatic rings. The normalized spacial score (nSPS) is 11.5. The van der Waals surface area contributed by atoms with E-state index in [9.17, 15) is 9.59 Å². The topological polar surface area (TPSA) is 94.5 Å². The van der Waals surface area contributed by atoms with Gasteiger partial charge in [0.15, 0.2) is 0 Å². The van der Waals surface area contributed by atoms with E-state index in [0.717, 1.165) is 11.1 Å². The van der Waals surface area contributed by atoms with Gasteiger partial charge < -0.3 is 24.7 Å². The minimum absolute atomic E-state index is 0.142. The highest BCUT2D eigenvalue weighted by atomic mass is 16.5. The Balaban J connectivity index is 1.84. The standard InChI is InChI=1S/C23H26N4O4/c1-15(28)25-18-7-5-16(6-8-18)11-21(29)26-22(23-24-9-10-27(23)2)17-12-19(30-3)14-20(13-17)31-4/h5-10,12-14,22H,11H2,1-4H3,(H,25,28)(H,26,29)/t22-/m0/s1. The van der Waals surface area contributed by atoms with E-state index in [-0.39, 0.29) is 18.2 Å². The van der Waals surface area contributed by atoms with E-state index in [2.05, 4.69) is 15.6 Å². The Hall–Kier alpha value is -3.81. The molecule has 3 rings (SSSR count). The predicted octanol–water partition coefficient (Wildman–Crippen LogP) is 2.84. The van der Waals surface area contributed by atoms with Crippen LogP contribution in [0.3, 0.4) is 0 Å². The molecule has 3 aromatic rings. The van der Waals surface area contributed by atoms with Crippen LogP contribution >= 0.6 is 0 Å². The Bertz CT molecular complexity index is 1040. The quantitative estimate of drug-likeness (QED) is 0.582. The Morgan fingerprint density at radius 1 is 1.06 bits per heavy atom. The van der Waals surface area contributed by atoms with Gasteiger partial charge in [-0.05, 0) is 35.4 Å². The summed E-state index contributed by atoms with van der Waals surface area (Å²) in [5, 5.41) is 5.78. The first-order chi connectivity index (χ1) is 14.9. The van der Waals surface area contributed by atoms with Gasteiger partial charge in [-0.3, -0.25) is 9.59 Å². The molecule has 8 nitrogen and oxygen atoms in total. The molecule has 0 radical (unpaired) electrons. The lowest BCUT2D eigenvalue weighted by molar-refractivity contribution is -0.121. The van der Waals surface area contributed by atoms with Crippen LogP contribution in [0.1, 0.15) is 29.9 Å². The van der Waals surface area contributed by atoms with E-state index in [0.29, 0.717) is 23.0 Å². The molecule has 2 N–H and O–H groups in total. The fourth-order valence-corrected chi connectivity index (χ4v) is 3.25. The van der Waals surface area contributed by atoms with E-state index in [1.165, 1.54) is 6.92 Å². The van der Waals surface area contributed by atoms with Crippen LogP contribution in [-0.2, 0) is 23.1 Å². The molecule has 1 aromatic heterocycles. The van der Waals surface area contributed by atoms with Crippen LogP contribution in [0.15, 0.2) is 54.9 Å². The van der Waals surface area contributed by atoms with Crippen molar-refractivity contribution >= 4 is 17.5 Å². The number of carbonyl (C=O) groups is 2. The largest absolute Gasteiger partial charge is 0.497 e. The summed E-state index contributed by atoms with van der Waals surface area (Å²) in [7, 11) is 5.04. The zero-order chi connectivity index (χ0) is 22.4. The number of nitrogens with one attached hydrogen (secondary N) is 2. The third-order valence-electron chi connectivity index (χ3n) is 4.77. The summed E-state index contributed by atoms with van der Waals surface area (Å²) >= 11 is 0. The number of hydrogen-bond acceptors (Lipinski definition) is 5. The van der Waals surface area contributed by atoms with Crippen molar-refractivity contribution in [1.29, 1.82) is 0 Å². The molecule has 0 aliphatic heterocycles. The van der Waals surface area contributed by atoms with Gasteiger partial charge in [-0.25, -0.2) is 4.98 Å². The number of nitrogens with zero attached hydrogens (tertiary/aromatic N) is 2. The summed E-state index contributed by atoms with van der Waals surface area (Å²) in [5.74, 6) is 1.62. The van der Waals surface area contributed by atoms with Crippen molar-refractivity contribution in [3.8, 4) is 11.5 Å². The number of rotatable bonds is 8. The molecule has 1 atom stereocenters. The number of imidazole rings is 1. The molecular weight excluding hydrogens is 396 g/mol. The summed E-state index contributed by atoms with van der Waals surface area (Å²) in [6, 6.07) is 12.2. The minimum atomic E-state index is -0.491. The van der Waals surface area contributed by atoms with Crippen LogP contribution in [0.25, 0.3) is 0 Å². The molecule has 162 valence electrons. The second kappa shape index (κ2) is 9.80. The van der Waals surface area contributed by atoms with Crippen molar-refractivity contribution in [2.75, 3.05) is 19.5 Å². The van der Waals surface area contributed by atoms with Gasteiger partial charge in [-0.1, -0.05) is 12.1 Å². The SMILES string of the molecule is COc1cc(OC)cc([C@H](NC(=O)Cc2ccc(NC(C)=O)cc2)c2nccn2C)c1. The van der Waals surface area contributed by atoms with Gasteiger partial charge in [0, 0.05) is 38.1 Å².